The Labute approximate surface area is 143 Å². The molecule has 0 radical (unpaired) electrons. The van der Waals surface area contributed by atoms with Crippen molar-refractivity contribution in [3.8, 4) is 0 Å². The average molecular weight is 345 g/mol. The van der Waals surface area contributed by atoms with E-state index >= 15 is 0 Å². The van der Waals surface area contributed by atoms with Crippen LogP contribution in [0.2, 0.25) is 0 Å². The molecule has 3 unspecified atom stereocenters. The van der Waals surface area contributed by atoms with Crippen LogP contribution < -0.4 is 5.32 Å². The molecule has 0 heterocycles. The lowest BCUT2D eigenvalue weighted by Gasteiger charge is -2.09. The van der Waals surface area contributed by atoms with Crippen LogP contribution in [0.15, 0.2) is 42.5 Å². The summed E-state index contributed by atoms with van der Waals surface area (Å²) in [7, 11) is 0. The molecule has 130 valence electrons. The number of carboxylic acids is 1. The standard InChI is InChI=1S/C19H17F2NO3/c1-10(19(24)25)11-5-7-12(8-6-11)22-18(23)15-9-14(15)13-3-2-4-16(20)17(13)21/h2-8,10,14-15H,9H2,1H3,(H,22,23)(H,24,25). The van der Waals surface area contributed by atoms with Crippen molar-refractivity contribution in [1.82, 2.24) is 0 Å². The minimum Gasteiger partial charge on any atom is -0.481 e. The highest BCUT2D eigenvalue weighted by Crippen LogP contribution is 2.49. The molecule has 3 atom stereocenters. The quantitative estimate of drug-likeness (QED) is 0.864. The van der Waals surface area contributed by atoms with Gasteiger partial charge in [0.2, 0.25) is 5.91 Å². The van der Waals surface area contributed by atoms with Crippen LogP contribution in [0.4, 0.5) is 14.5 Å². The number of carbonyl (C=O) groups is 2. The normalized spacial score (nSPS) is 20.0. The lowest BCUT2D eigenvalue weighted by Crippen LogP contribution is -2.15. The molecule has 0 aliphatic heterocycles. The number of hydrogen-bond acceptors (Lipinski definition) is 2. The topological polar surface area (TPSA) is 66.4 Å². The molecule has 2 N–H and O–H groups in total. The minimum absolute atomic E-state index is 0.228. The van der Waals surface area contributed by atoms with Gasteiger partial charge in [0.15, 0.2) is 11.6 Å². The Morgan fingerprint density at radius 2 is 1.84 bits per heavy atom. The second kappa shape index (κ2) is 6.63. The summed E-state index contributed by atoms with van der Waals surface area (Å²) in [6.45, 7) is 1.58. The van der Waals surface area contributed by atoms with Gasteiger partial charge in [-0.05, 0) is 48.6 Å². The van der Waals surface area contributed by atoms with E-state index in [1.165, 1.54) is 12.1 Å². The first kappa shape index (κ1) is 17.1. The van der Waals surface area contributed by atoms with Gasteiger partial charge in [-0.25, -0.2) is 8.78 Å². The lowest BCUT2D eigenvalue weighted by atomic mass is 10.0. The lowest BCUT2D eigenvalue weighted by molar-refractivity contribution is -0.138. The van der Waals surface area contributed by atoms with Gasteiger partial charge in [-0.2, -0.15) is 0 Å². The van der Waals surface area contributed by atoms with Gasteiger partial charge in [0.1, 0.15) is 0 Å². The summed E-state index contributed by atoms with van der Waals surface area (Å²) >= 11 is 0. The molecular weight excluding hydrogens is 328 g/mol. The third-order valence-electron chi connectivity index (χ3n) is 4.56. The van der Waals surface area contributed by atoms with E-state index in [2.05, 4.69) is 5.32 Å². The summed E-state index contributed by atoms with van der Waals surface area (Å²) in [5.41, 5.74) is 1.40. The van der Waals surface area contributed by atoms with Gasteiger partial charge in [-0.15, -0.1) is 0 Å². The zero-order chi connectivity index (χ0) is 18.1. The van der Waals surface area contributed by atoms with Gasteiger partial charge in [0, 0.05) is 11.6 Å². The number of nitrogens with one attached hydrogen (secondary N) is 1. The number of aliphatic carboxylic acids is 1. The van der Waals surface area contributed by atoms with E-state index < -0.39 is 29.4 Å². The molecule has 1 fully saturated rings. The largest absolute Gasteiger partial charge is 0.481 e. The van der Waals surface area contributed by atoms with Crippen LogP contribution in [0.1, 0.15) is 36.3 Å². The summed E-state index contributed by atoms with van der Waals surface area (Å²) in [6.07, 6.45) is 0.473. The summed E-state index contributed by atoms with van der Waals surface area (Å²) in [5, 5.41) is 11.7. The summed E-state index contributed by atoms with van der Waals surface area (Å²) < 4.78 is 27.1. The summed E-state index contributed by atoms with van der Waals surface area (Å²) in [5.74, 6) is -4.33. The predicted octanol–water partition coefficient (Wildman–Crippen LogP) is 3.90. The third kappa shape index (κ3) is 3.52. The van der Waals surface area contributed by atoms with E-state index in [-0.39, 0.29) is 17.4 Å². The highest BCUT2D eigenvalue weighted by molar-refractivity contribution is 5.95. The van der Waals surface area contributed by atoms with Crippen molar-refractivity contribution in [2.45, 2.75) is 25.2 Å². The number of anilines is 1. The van der Waals surface area contributed by atoms with E-state index in [0.717, 1.165) is 6.07 Å². The maximum absolute atomic E-state index is 13.8. The molecule has 1 saturated carbocycles. The Hall–Kier alpha value is -2.76. The van der Waals surface area contributed by atoms with E-state index in [1.807, 2.05) is 0 Å². The molecule has 1 aliphatic carbocycles. The van der Waals surface area contributed by atoms with Crippen LogP contribution in [0.3, 0.4) is 0 Å². The number of rotatable bonds is 5. The van der Waals surface area contributed by atoms with Crippen molar-refractivity contribution in [1.29, 1.82) is 0 Å². The third-order valence-corrected chi connectivity index (χ3v) is 4.56. The second-order valence-corrected chi connectivity index (χ2v) is 6.26. The molecule has 3 rings (SSSR count). The summed E-state index contributed by atoms with van der Waals surface area (Å²) in [6, 6.07) is 10.5. The number of amides is 1. The maximum atomic E-state index is 13.8. The number of hydrogen-bond donors (Lipinski definition) is 2. The summed E-state index contributed by atoms with van der Waals surface area (Å²) in [4.78, 5) is 23.2. The van der Waals surface area contributed by atoms with E-state index in [0.29, 0.717) is 17.7 Å². The van der Waals surface area contributed by atoms with Crippen molar-refractivity contribution in [2.75, 3.05) is 5.32 Å². The van der Waals surface area contributed by atoms with Crippen LogP contribution in [0.25, 0.3) is 0 Å². The van der Waals surface area contributed by atoms with Crippen LogP contribution in [-0.4, -0.2) is 17.0 Å². The number of benzene rings is 2. The second-order valence-electron chi connectivity index (χ2n) is 6.26. The van der Waals surface area contributed by atoms with Crippen LogP contribution >= 0.6 is 0 Å². The highest BCUT2D eigenvalue weighted by atomic mass is 19.2. The van der Waals surface area contributed by atoms with E-state index in [4.69, 9.17) is 5.11 Å². The van der Waals surface area contributed by atoms with Crippen molar-refractivity contribution in [3.05, 3.63) is 65.2 Å². The van der Waals surface area contributed by atoms with E-state index in [9.17, 15) is 18.4 Å². The fourth-order valence-corrected chi connectivity index (χ4v) is 2.87. The van der Waals surface area contributed by atoms with Crippen LogP contribution in [0.5, 0.6) is 0 Å². The Morgan fingerprint density at radius 3 is 2.48 bits per heavy atom. The molecule has 1 aliphatic rings. The molecule has 2 aromatic rings. The molecule has 0 aromatic heterocycles. The first-order valence-corrected chi connectivity index (χ1v) is 7.96. The number of halogens is 2. The number of carbonyl (C=O) groups excluding carboxylic acids is 1. The zero-order valence-electron chi connectivity index (χ0n) is 13.5. The molecule has 0 bridgehead atoms. The minimum atomic E-state index is -0.922. The molecule has 1 amide bonds. The van der Waals surface area contributed by atoms with Gasteiger partial charge >= 0.3 is 5.97 Å². The molecule has 4 nitrogen and oxygen atoms in total. The monoisotopic (exact) mass is 345 g/mol. The fraction of sp³-hybridized carbons (Fsp3) is 0.263. The van der Waals surface area contributed by atoms with Crippen LogP contribution in [-0.2, 0) is 9.59 Å². The van der Waals surface area contributed by atoms with Gasteiger partial charge in [-0.1, -0.05) is 24.3 Å². The van der Waals surface area contributed by atoms with Crippen molar-refractivity contribution >= 4 is 17.6 Å². The molecule has 2 aromatic carbocycles. The van der Waals surface area contributed by atoms with Crippen molar-refractivity contribution < 1.29 is 23.5 Å². The van der Waals surface area contributed by atoms with Gasteiger partial charge in [-0.3, -0.25) is 9.59 Å². The van der Waals surface area contributed by atoms with Gasteiger partial charge < -0.3 is 10.4 Å². The van der Waals surface area contributed by atoms with E-state index in [1.54, 1.807) is 31.2 Å². The number of carboxylic acid groups (broad SMARTS) is 1. The Balaban J connectivity index is 1.64. The van der Waals surface area contributed by atoms with Gasteiger partial charge in [0.25, 0.3) is 0 Å². The predicted molar refractivity (Wildman–Crippen MR) is 88.3 cm³/mol. The van der Waals surface area contributed by atoms with Gasteiger partial charge in [0.05, 0.1) is 5.92 Å². The molecule has 6 heteroatoms. The SMILES string of the molecule is CC(C(=O)O)c1ccc(NC(=O)C2CC2c2cccc(F)c2F)cc1. The molecular formula is C19H17F2NO3. The Bertz CT molecular complexity index is 820. The molecule has 0 saturated heterocycles. The molecule has 0 spiro atoms. The van der Waals surface area contributed by atoms with Crippen molar-refractivity contribution in [2.24, 2.45) is 5.92 Å². The van der Waals surface area contributed by atoms with Crippen molar-refractivity contribution in [3.63, 3.8) is 0 Å². The first-order chi connectivity index (χ1) is 11.9. The Morgan fingerprint density at radius 1 is 1.16 bits per heavy atom. The first-order valence-electron chi connectivity index (χ1n) is 7.96. The zero-order valence-corrected chi connectivity index (χ0v) is 13.5. The van der Waals surface area contributed by atoms with Crippen LogP contribution in [0, 0.1) is 17.6 Å². The Kier molecular flexibility index (Phi) is 4.53. The average Bonchev–Trinajstić information content (AvgIpc) is 3.38. The maximum Gasteiger partial charge on any atom is 0.310 e. The molecule has 25 heavy (non-hydrogen) atoms. The smallest absolute Gasteiger partial charge is 0.310 e. The fourth-order valence-electron chi connectivity index (χ4n) is 2.87. The highest BCUT2D eigenvalue weighted by Gasteiger charge is 2.45.